The van der Waals surface area contributed by atoms with Crippen molar-refractivity contribution in [3.05, 3.63) is 124 Å². The van der Waals surface area contributed by atoms with Crippen LogP contribution in [0.2, 0.25) is 0 Å². The molecule has 174 valence electrons. The lowest BCUT2D eigenvalue weighted by Crippen LogP contribution is -2.17. The van der Waals surface area contributed by atoms with Gasteiger partial charge in [0.1, 0.15) is 5.00 Å². The molecule has 0 spiro atoms. The van der Waals surface area contributed by atoms with Crippen LogP contribution >= 0.6 is 22.7 Å². The van der Waals surface area contributed by atoms with E-state index < -0.39 is 0 Å². The summed E-state index contributed by atoms with van der Waals surface area (Å²) in [7, 11) is 0. The molecule has 5 rings (SSSR count). The lowest BCUT2D eigenvalue weighted by Gasteiger charge is -2.11. The molecule has 3 aromatic carbocycles. The maximum atomic E-state index is 13.2. The fourth-order valence-corrected chi connectivity index (χ4v) is 5.76. The van der Waals surface area contributed by atoms with Crippen LogP contribution in [0.4, 0.5) is 10.7 Å². The second-order valence-electron chi connectivity index (χ2n) is 8.19. The Morgan fingerprint density at radius 3 is 2.29 bits per heavy atom. The number of nitrogens with one attached hydrogen (secondary N) is 1. The average molecular weight is 496 g/mol. The first-order valence-corrected chi connectivity index (χ1v) is 13.2. The number of carbonyl (C=O) groups is 1. The van der Waals surface area contributed by atoms with Crippen LogP contribution in [-0.2, 0) is 13.0 Å². The number of aryl methyl sites for hydroxylation is 2. The van der Waals surface area contributed by atoms with Crippen LogP contribution in [0.1, 0.15) is 21.5 Å². The molecule has 0 aliphatic heterocycles. The van der Waals surface area contributed by atoms with Gasteiger partial charge in [0, 0.05) is 12.1 Å². The van der Waals surface area contributed by atoms with Crippen LogP contribution in [0.3, 0.4) is 0 Å². The molecule has 4 nitrogen and oxygen atoms in total. The number of hydrogen-bond donors (Lipinski definition) is 1. The minimum absolute atomic E-state index is 0.120. The van der Waals surface area contributed by atoms with Gasteiger partial charge in [-0.25, -0.2) is 4.99 Å². The van der Waals surface area contributed by atoms with Crippen molar-refractivity contribution in [2.24, 2.45) is 4.99 Å². The van der Waals surface area contributed by atoms with E-state index in [2.05, 4.69) is 45.6 Å². The second-order valence-corrected chi connectivity index (χ2v) is 10.1. The molecule has 35 heavy (non-hydrogen) atoms. The number of amides is 1. The van der Waals surface area contributed by atoms with Gasteiger partial charge in [0.15, 0.2) is 4.80 Å². The molecule has 0 radical (unpaired) electrons. The van der Waals surface area contributed by atoms with Crippen molar-refractivity contribution in [1.82, 2.24) is 4.57 Å². The van der Waals surface area contributed by atoms with Crippen LogP contribution in [0.15, 0.2) is 107 Å². The maximum absolute atomic E-state index is 13.2. The summed E-state index contributed by atoms with van der Waals surface area (Å²) in [6, 6.07) is 32.2. The number of aromatic nitrogens is 1. The number of carbonyl (C=O) groups excluding carboxylic acids is 1. The van der Waals surface area contributed by atoms with Gasteiger partial charge in [-0.3, -0.25) is 4.79 Å². The molecule has 0 fully saturated rings. The third-order valence-corrected chi connectivity index (χ3v) is 7.52. The van der Waals surface area contributed by atoms with Gasteiger partial charge in [0.05, 0.1) is 16.3 Å². The SMILES string of the molecule is Cc1ccc(C(=O)Nc2sc(=Nc3ccccc3)n(CCc3ccccc3)c2-c2cccs2)cc1. The van der Waals surface area contributed by atoms with E-state index in [1.165, 1.54) is 16.9 Å². The zero-order valence-electron chi connectivity index (χ0n) is 19.3. The van der Waals surface area contributed by atoms with E-state index in [1.807, 2.05) is 73.7 Å². The number of thiophene rings is 1. The predicted octanol–water partition coefficient (Wildman–Crippen LogP) is 7.31. The van der Waals surface area contributed by atoms with Gasteiger partial charge in [-0.2, -0.15) is 0 Å². The average Bonchev–Trinajstić information content (AvgIpc) is 3.52. The van der Waals surface area contributed by atoms with Crippen molar-refractivity contribution in [3.8, 4) is 10.6 Å². The molecule has 2 heterocycles. The van der Waals surface area contributed by atoms with Crippen molar-refractivity contribution in [3.63, 3.8) is 0 Å². The lowest BCUT2D eigenvalue weighted by molar-refractivity contribution is 0.102. The monoisotopic (exact) mass is 495 g/mol. The summed E-state index contributed by atoms with van der Waals surface area (Å²) < 4.78 is 2.24. The van der Waals surface area contributed by atoms with Crippen LogP contribution in [0, 0.1) is 6.92 Å². The first-order chi connectivity index (χ1) is 17.2. The molecule has 2 aromatic heterocycles. The highest BCUT2D eigenvalue weighted by molar-refractivity contribution is 7.16. The van der Waals surface area contributed by atoms with Gasteiger partial charge in [0.25, 0.3) is 5.91 Å². The highest BCUT2D eigenvalue weighted by Crippen LogP contribution is 2.35. The van der Waals surface area contributed by atoms with Crippen molar-refractivity contribution in [1.29, 1.82) is 0 Å². The Balaban J connectivity index is 1.60. The Kier molecular flexibility index (Phi) is 7.02. The first kappa shape index (κ1) is 23.0. The summed E-state index contributed by atoms with van der Waals surface area (Å²) >= 11 is 3.17. The largest absolute Gasteiger partial charge is 0.314 e. The van der Waals surface area contributed by atoms with E-state index in [0.29, 0.717) is 5.56 Å². The number of anilines is 1. The molecule has 0 saturated carbocycles. The molecule has 0 saturated heterocycles. The molecule has 0 aliphatic rings. The smallest absolute Gasteiger partial charge is 0.256 e. The van der Waals surface area contributed by atoms with Gasteiger partial charge < -0.3 is 9.88 Å². The number of hydrogen-bond acceptors (Lipinski definition) is 4. The van der Waals surface area contributed by atoms with E-state index in [-0.39, 0.29) is 5.91 Å². The molecule has 6 heteroatoms. The minimum Gasteiger partial charge on any atom is -0.314 e. The van der Waals surface area contributed by atoms with Gasteiger partial charge in [-0.05, 0) is 54.6 Å². The van der Waals surface area contributed by atoms with Crippen LogP contribution < -0.4 is 10.1 Å². The van der Waals surface area contributed by atoms with E-state index in [1.54, 1.807) is 11.3 Å². The molecule has 0 aliphatic carbocycles. The fourth-order valence-electron chi connectivity index (χ4n) is 3.83. The van der Waals surface area contributed by atoms with E-state index in [4.69, 9.17) is 4.99 Å². The fraction of sp³-hybridized carbons (Fsp3) is 0.103. The zero-order chi connectivity index (χ0) is 24.0. The highest BCUT2D eigenvalue weighted by Gasteiger charge is 2.19. The Morgan fingerprint density at radius 1 is 0.886 bits per heavy atom. The Morgan fingerprint density at radius 2 is 1.60 bits per heavy atom. The summed E-state index contributed by atoms with van der Waals surface area (Å²) in [5.41, 5.74) is 4.91. The summed E-state index contributed by atoms with van der Waals surface area (Å²) in [6.07, 6.45) is 0.864. The minimum atomic E-state index is -0.120. The standard InChI is InChI=1S/C29H25N3OS2/c1-21-14-16-23(17-15-21)27(33)31-28-26(25-13-8-20-34-25)32(19-18-22-9-4-2-5-10-22)29(35-28)30-24-11-6-3-7-12-24/h2-17,20H,18-19H2,1H3,(H,31,33). The van der Waals surface area contributed by atoms with E-state index in [9.17, 15) is 4.79 Å². The molecule has 0 bridgehead atoms. The summed E-state index contributed by atoms with van der Waals surface area (Å²) in [6.45, 7) is 2.77. The third-order valence-electron chi connectivity index (χ3n) is 5.65. The molecule has 0 unspecified atom stereocenters. The van der Waals surface area contributed by atoms with E-state index in [0.717, 1.165) is 44.6 Å². The maximum Gasteiger partial charge on any atom is 0.256 e. The molecule has 1 amide bonds. The van der Waals surface area contributed by atoms with Gasteiger partial charge >= 0.3 is 0 Å². The van der Waals surface area contributed by atoms with E-state index >= 15 is 0 Å². The quantitative estimate of drug-likeness (QED) is 0.253. The van der Waals surface area contributed by atoms with Crippen molar-refractivity contribution >= 4 is 39.3 Å². The lowest BCUT2D eigenvalue weighted by atomic mass is 10.1. The molecule has 0 atom stereocenters. The number of rotatable bonds is 7. The normalized spacial score (nSPS) is 11.5. The van der Waals surface area contributed by atoms with Crippen molar-refractivity contribution in [2.75, 3.05) is 5.32 Å². The number of para-hydroxylation sites is 1. The number of nitrogens with zero attached hydrogens (tertiary/aromatic N) is 2. The number of benzene rings is 3. The molecule has 1 N–H and O–H groups in total. The van der Waals surface area contributed by atoms with Crippen molar-refractivity contribution in [2.45, 2.75) is 19.9 Å². The highest BCUT2D eigenvalue weighted by atomic mass is 32.1. The van der Waals surface area contributed by atoms with Crippen LogP contribution in [0.25, 0.3) is 10.6 Å². The first-order valence-electron chi connectivity index (χ1n) is 11.5. The summed E-state index contributed by atoms with van der Waals surface area (Å²) in [4.78, 5) is 20.1. The van der Waals surface area contributed by atoms with Gasteiger partial charge in [-0.15, -0.1) is 11.3 Å². The molecular formula is C29H25N3OS2. The predicted molar refractivity (Wildman–Crippen MR) is 147 cm³/mol. The Bertz CT molecular complexity index is 1470. The molecular weight excluding hydrogens is 470 g/mol. The summed E-state index contributed by atoms with van der Waals surface area (Å²) in [5.74, 6) is -0.120. The van der Waals surface area contributed by atoms with Crippen LogP contribution in [-0.4, -0.2) is 10.5 Å². The van der Waals surface area contributed by atoms with Gasteiger partial charge in [0.2, 0.25) is 0 Å². The molecule has 5 aromatic rings. The Hall–Kier alpha value is -3.74. The zero-order valence-corrected chi connectivity index (χ0v) is 21.0. The third kappa shape index (κ3) is 5.50. The van der Waals surface area contributed by atoms with Crippen molar-refractivity contribution < 1.29 is 4.79 Å². The topological polar surface area (TPSA) is 46.4 Å². The number of thiazole rings is 1. The summed E-state index contributed by atoms with van der Waals surface area (Å²) in [5, 5.41) is 6.05. The van der Waals surface area contributed by atoms with Crippen LogP contribution in [0.5, 0.6) is 0 Å². The Labute approximate surface area is 212 Å². The second kappa shape index (κ2) is 10.7. The van der Waals surface area contributed by atoms with Gasteiger partial charge in [-0.1, -0.05) is 83.6 Å².